The molecule has 10 heteroatoms. The van der Waals surface area contributed by atoms with Crippen LogP contribution in [0.15, 0.2) is 31.8 Å². The van der Waals surface area contributed by atoms with Crippen molar-refractivity contribution in [2.75, 3.05) is 6.54 Å². The first-order valence-electron chi connectivity index (χ1n) is 13.2. The van der Waals surface area contributed by atoms with E-state index >= 15 is 0 Å². The largest absolute Gasteiger partial charge is 0.274 e. The second-order valence-corrected chi connectivity index (χ2v) is 15.1. The molecule has 0 unspecified atom stereocenters. The van der Waals surface area contributed by atoms with Gasteiger partial charge in [-0.3, -0.25) is 14.5 Å². The van der Waals surface area contributed by atoms with Crippen LogP contribution in [0.3, 0.4) is 0 Å². The summed E-state index contributed by atoms with van der Waals surface area (Å²) in [5.74, 6) is -0.431. The maximum Gasteiger partial charge on any atom is 0.262 e. The zero-order chi connectivity index (χ0) is 26.6. The van der Waals surface area contributed by atoms with Gasteiger partial charge in [0.1, 0.15) is 11.0 Å². The lowest BCUT2D eigenvalue weighted by Crippen LogP contribution is -2.30. The van der Waals surface area contributed by atoms with Crippen LogP contribution in [0.2, 0.25) is 0 Å². The molecule has 38 heavy (non-hydrogen) atoms. The fourth-order valence-electron chi connectivity index (χ4n) is 5.13. The summed E-state index contributed by atoms with van der Waals surface area (Å²) in [6, 6.07) is 7.89. The smallest absolute Gasteiger partial charge is 0.262 e. The van der Waals surface area contributed by atoms with E-state index in [0.717, 1.165) is 59.4 Å². The lowest BCUT2D eigenvalue weighted by atomic mass is 9.93. The molecular weight excluding hydrogens is 666 g/mol. The Bertz CT molecular complexity index is 1360. The van der Waals surface area contributed by atoms with Crippen LogP contribution in [0.25, 0.3) is 31.9 Å². The van der Waals surface area contributed by atoms with Crippen molar-refractivity contribution in [3.05, 3.63) is 43.0 Å². The second kappa shape index (κ2) is 12.8. The number of aromatic nitrogens is 2. The molecule has 0 spiro atoms. The zero-order valence-electron chi connectivity index (χ0n) is 21.2. The number of hydrogen-bond acceptors (Lipinski definition) is 7. The van der Waals surface area contributed by atoms with Crippen molar-refractivity contribution >= 4 is 89.1 Å². The normalized spacial score (nSPS) is 13.3. The maximum absolute atomic E-state index is 13.9. The Hall–Kier alpha value is -1.46. The van der Waals surface area contributed by atoms with E-state index in [1.807, 2.05) is 24.3 Å². The summed E-state index contributed by atoms with van der Waals surface area (Å²) < 4.78 is 11.2. The number of hydrogen-bond donors (Lipinski definition) is 0. The number of nitrogens with zero attached hydrogens (tertiary/aromatic N) is 3. The van der Waals surface area contributed by atoms with Crippen molar-refractivity contribution in [3.63, 3.8) is 0 Å². The molecule has 1 aliphatic heterocycles. The van der Waals surface area contributed by atoms with E-state index in [4.69, 9.17) is 0 Å². The van der Waals surface area contributed by atoms with Gasteiger partial charge < -0.3 is 0 Å². The summed E-state index contributed by atoms with van der Waals surface area (Å²) in [5, 5.41) is 0. The topological polar surface area (TPSA) is 63.2 Å². The van der Waals surface area contributed by atoms with Crippen molar-refractivity contribution in [2.24, 2.45) is 0 Å². The molecule has 0 radical (unpaired) electrons. The van der Waals surface area contributed by atoms with Gasteiger partial charge in [0.2, 0.25) is 0 Å². The van der Waals surface area contributed by atoms with Crippen LogP contribution in [0.5, 0.6) is 0 Å². The van der Waals surface area contributed by atoms with Crippen LogP contribution < -0.4 is 0 Å². The number of amides is 2. The van der Waals surface area contributed by atoms with E-state index in [2.05, 4.69) is 47.5 Å². The van der Waals surface area contributed by atoms with Crippen LogP contribution in [0.4, 0.5) is 0 Å². The molecule has 0 N–H and O–H groups in total. The summed E-state index contributed by atoms with van der Waals surface area (Å²) in [6.07, 6.45) is 12.1. The third-order valence-electron chi connectivity index (χ3n) is 7.00. The van der Waals surface area contributed by atoms with Crippen molar-refractivity contribution in [1.29, 1.82) is 0 Å². The van der Waals surface area contributed by atoms with Gasteiger partial charge in [0, 0.05) is 27.4 Å². The lowest BCUT2D eigenvalue weighted by Gasteiger charge is -2.13. The molecule has 1 aromatic carbocycles. The fraction of sp³-hybridized carbons (Fsp3) is 0.429. The number of imide groups is 1. The Morgan fingerprint density at radius 3 is 1.53 bits per heavy atom. The number of unbranched alkanes of at least 4 members (excludes halogenated alkanes) is 9. The van der Waals surface area contributed by atoms with E-state index in [0.29, 0.717) is 28.7 Å². The molecule has 2 amide bonds. The molecule has 0 saturated heterocycles. The lowest BCUT2D eigenvalue weighted by molar-refractivity contribution is 0.0652. The Balaban J connectivity index is 1.40. The van der Waals surface area contributed by atoms with Crippen molar-refractivity contribution in [3.8, 4) is 20.9 Å². The molecule has 1 aliphatic rings. The van der Waals surface area contributed by atoms with Crippen molar-refractivity contribution in [2.45, 2.75) is 71.1 Å². The predicted octanol–water partition coefficient (Wildman–Crippen LogP) is 10.2. The number of carbonyl (C=O) groups is 2. The first-order valence-corrected chi connectivity index (χ1v) is 17.2. The number of rotatable bonds is 13. The number of fused-ring (bicyclic) bond motifs is 2. The second-order valence-electron chi connectivity index (χ2n) is 9.61. The first kappa shape index (κ1) is 28.1. The van der Waals surface area contributed by atoms with Crippen molar-refractivity contribution in [1.82, 2.24) is 13.6 Å². The van der Waals surface area contributed by atoms with Gasteiger partial charge in [-0.1, -0.05) is 64.7 Å². The molecule has 0 bridgehead atoms. The number of thiophene rings is 2. The molecule has 0 aliphatic carbocycles. The SMILES string of the molecule is CCCCCCCCCCCCN1C(=O)c2c(c(-c3ccc(Br)s3)c3nsnc3c2-c2ccc(Br)s2)C1=O. The van der Waals surface area contributed by atoms with Gasteiger partial charge >= 0.3 is 0 Å². The van der Waals surface area contributed by atoms with E-state index in [9.17, 15) is 9.59 Å². The minimum atomic E-state index is -0.216. The summed E-state index contributed by atoms with van der Waals surface area (Å²) in [4.78, 5) is 31.1. The van der Waals surface area contributed by atoms with E-state index in [-0.39, 0.29) is 11.8 Å². The van der Waals surface area contributed by atoms with E-state index in [1.165, 1.54) is 72.5 Å². The Morgan fingerprint density at radius 2 is 1.11 bits per heavy atom. The highest BCUT2D eigenvalue weighted by Crippen LogP contribution is 2.48. The van der Waals surface area contributed by atoms with Crippen LogP contribution in [0.1, 0.15) is 91.8 Å². The minimum Gasteiger partial charge on any atom is -0.274 e. The molecule has 4 aromatic rings. The Morgan fingerprint density at radius 1 is 0.658 bits per heavy atom. The fourth-order valence-corrected chi connectivity index (χ4v) is 8.57. The number of halogens is 2. The molecule has 0 saturated carbocycles. The molecule has 5 rings (SSSR count). The van der Waals surface area contributed by atoms with E-state index < -0.39 is 0 Å². The van der Waals surface area contributed by atoms with Crippen LogP contribution >= 0.6 is 66.3 Å². The Kier molecular flexibility index (Phi) is 9.46. The number of benzene rings is 1. The summed E-state index contributed by atoms with van der Waals surface area (Å²) in [5.41, 5.74) is 3.76. The van der Waals surface area contributed by atoms with Gasteiger partial charge in [-0.05, 0) is 62.5 Å². The average Bonchev–Trinajstić information content (AvgIpc) is 3.69. The molecular formula is C28H29Br2N3O2S3. The molecule has 0 atom stereocenters. The summed E-state index contributed by atoms with van der Waals surface area (Å²) in [6.45, 7) is 2.69. The highest BCUT2D eigenvalue weighted by Gasteiger charge is 2.42. The van der Waals surface area contributed by atoms with Gasteiger partial charge in [0.05, 0.1) is 30.4 Å². The monoisotopic (exact) mass is 693 g/mol. The molecule has 5 nitrogen and oxygen atoms in total. The van der Waals surface area contributed by atoms with Gasteiger partial charge in [-0.2, -0.15) is 8.75 Å². The molecule has 0 fully saturated rings. The summed E-state index contributed by atoms with van der Waals surface area (Å²) in [7, 11) is 0. The van der Waals surface area contributed by atoms with Gasteiger partial charge in [-0.25, -0.2) is 0 Å². The third kappa shape index (κ3) is 5.70. The highest BCUT2D eigenvalue weighted by molar-refractivity contribution is 9.11. The van der Waals surface area contributed by atoms with Gasteiger partial charge in [-0.15, -0.1) is 22.7 Å². The van der Waals surface area contributed by atoms with Crippen LogP contribution in [-0.4, -0.2) is 32.0 Å². The number of carbonyl (C=O) groups excluding carboxylic acids is 2. The minimum absolute atomic E-state index is 0.216. The first-order chi connectivity index (χ1) is 18.5. The molecule has 3 aromatic heterocycles. The van der Waals surface area contributed by atoms with Crippen molar-refractivity contribution < 1.29 is 9.59 Å². The quantitative estimate of drug-likeness (QED) is 0.103. The Labute approximate surface area is 252 Å². The zero-order valence-corrected chi connectivity index (χ0v) is 26.8. The predicted molar refractivity (Wildman–Crippen MR) is 167 cm³/mol. The van der Waals surface area contributed by atoms with E-state index in [1.54, 1.807) is 0 Å². The maximum atomic E-state index is 13.9. The molecule has 4 heterocycles. The van der Waals surface area contributed by atoms with Gasteiger partial charge in [0.25, 0.3) is 11.8 Å². The van der Waals surface area contributed by atoms with Gasteiger partial charge in [0.15, 0.2) is 0 Å². The van der Waals surface area contributed by atoms with Crippen LogP contribution in [-0.2, 0) is 0 Å². The highest BCUT2D eigenvalue weighted by atomic mass is 79.9. The summed E-state index contributed by atoms with van der Waals surface area (Å²) >= 11 is 11.3. The van der Waals surface area contributed by atoms with Crippen LogP contribution in [0, 0.1) is 0 Å². The standard InChI is InChI=1S/C28H29Br2N3O2S3/c1-2-3-4-5-6-7-8-9-10-11-16-33-27(34)23-21(17-12-14-19(29)36-17)25-26(32-38-31-25)22(24(23)28(33)35)18-13-15-20(30)37-18/h12-15H,2-11,16H2,1H3. The molecule has 200 valence electrons. The third-order valence-corrected chi connectivity index (χ3v) is 10.8. The average molecular weight is 696 g/mol.